The van der Waals surface area contributed by atoms with Crippen molar-refractivity contribution in [3.8, 4) is 0 Å². The van der Waals surface area contributed by atoms with Crippen LogP contribution in [0.2, 0.25) is 0 Å². The van der Waals surface area contributed by atoms with E-state index in [4.69, 9.17) is 14.2 Å². The van der Waals surface area contributed by atoms with Crippen LogP contribution >= 0.6 is 0 Å². The molecule has 0 aromatic heterocycles. The lowest BCUT2D eigenvalue weighted by Crippen LogP contribution is -2.30. The van der Waals surface area contributed by atoms with Crippen LogP contribution in [-0.4, -0.2) is 37.2 Å². The summed E-state index contributed by atoms with van der Waals surface area (Å²) in [5.74, 6) is -0.867. The number of esters is 3. The van der Waals surface area contributed by atoms with Gasteiger partial charge >= 0.3 is 17.9 Å². The number of rotatable bonds is 64. The molecule has 0 aliphatic carbocycles. The van der Waals surface area contributed by atoms with Gasteiger partial charge in [-0.25, -0.2) is 0 Å². The molecule has 79 heavy (non-hydrogen) atoms. The van der Waals surface area contributed by atoms with Crippen molar-refractivity contribution in [2.24, 2.45) is 0 Å². The van der Waals surface area contributed by atoms with E-state index < -0.39 is 6.10 Å². The van der Waals surface area contributed by atoms with Gasteiger partial charge < -0.3 is 14.2 Å². The van der Waals surface area contributed by atoms with Crippen molar-refractivity contribution in [3.05, 3.63) is 60.8 Å². The third-order valence-corrected chi connectivity index (χ3v) is 15.5. The molecule has 1 atom stereocenters. The van der Waals surface area contributed by atoms with E-state index in [0.717, 1.165) is 89.9 Å². The molecule has 0 spiro atoms. The highest BCUT2D eigenvalue weighted by atomic mass is 16.6. The van der Waals surface area contributed by atoms with E-state index >= 15 is 0 Å². The molecular weight excluding hydrogens is 973 g/mol. The van der Waals surface area contributed by atoms with E-state index in [1.165, 1.54) is 238 Å². The fourth-order valence-corrected chi connectivity index (χ4v) is 10.3. The van der Waals surface area contributed by atoms with Gasteiger partial charge in [-0.05, 0) is 83.5 Å². The van der Waals surface area contributed by atoms with Crippen molar-refractivity contribution >= 4 is 17.9 Å². The van der Waals surface area contributed by atoms with Crippen molar-refractivity contribution in [1.29, 1.82) is 0 Å². The quantitative estimate of drug-likeness (QED) is 0.0261. The Kier molecular flexibility index (Phi) is 65.1. The van der Waals surface area contributed by atoms with Crippen molar-refractivity contribution in [3.63, 3.8) is 0 Å². The Hall–Kier alpha value is -2.89. The first-order chi connectivity index (χ1) is 39.0. The third kappa shape index (κ3) is 65.8. The normalized spacial score (nSPS) is 12.4. The maximum Gasteiger partial charge on any atom is 0.306 e. The SMILES string of the molecule is CC/C=C\C/C=C\C/C=C\CCCCCCCCCC(=O)OCC(COC(=O)CCCCCCCCCCCCCCCCCCCCCCCCCCC)OC(=O)CCCCCCCCCCC/C=C\C/C=C\CCCCC. The Morgan fingerprint density at radius 3 is 0.797 bits per heavy atom. The lowest BCUT2D eigenvalue weighted by atomic mass is 10.0. The van der Waals surface area contributed by atoms with E-state index in [1.807, 2.05) is 0 Å². The average Bonchev–Trinajstić information content (AvgIpc) is 3.45. The number of carbonyl (C=O) groups is 3. The first-order valence-electron chi connectivity index (χ1n) is 34.8. The van der Waals surface area contributed by atoms with Gasteiger partial charge in [0.25, 0.3) is 0 Å². The predicted molar refractivity (Wildman–Crippen MR) is 344 cm³/mol. The van der Waals surface area contributed by atoms with Gasteiger partial charge in [-0.2, -0.15) is 0 Å². The van der Waals surface area contributed by atoms with Crippen molar-refractivity contribution < 1.29 is 28.6 Å². The molecule has 0 aromatic rings. The summed E-state index contributed by atoms with van der Waals surface area (Å²) in [5.41, 5.74) is 0. The minimum atomic E-state index is -0.781. The zero-order valence-electron chi connectivity index (χ0n) is 52.9. The van der Waals surface area contributed by atoms with Gasteiger partial charge in [-0.15, -0.1) is 0 Å². The Balaban J connectivity index is 4.30. The fraction of sp³-hybridized carbons (Fsp3) is 0.822. The molecule has 0 bridgehead atoms. The number of ether oxygens (including phenoxy) is 3. The Morgan fingerprint density at radius 1 is 0.266 bits per heavy atom. The number of carbonyl (C=O) groups excluding carboxylic acids is 3. The molecular formula is C73H132O6. The zero-order chi connectivity index (χ0) is 57.1. The van der Waals surface area contributed by atoms with E-state index in [0.29, 0.717) is 19.3 Å². The molecule has 0 N–H and O–H groups in total. The van der Waals surface area contributed by atoms with Gasteiger partial charge in [-0.1, -0.05) is 326 Å². The molecule has 6 nitrogen and oxygen atoms in total. The summed E-state index contributed by atoms with van der Waals surface area (Å²) in [6, 6.07) is 0. The van der Waals surface area contributed by atoms with E-state index in [9.17, 15) is 14.4 Å². The van der Waals surface area contributed by atoms with Gasteiger partial charge in [0.05, 0.1) is 0 Å². The summed E-state index contributed by atoms with van der Waals surface area (Å²) in [6.45, 7) is 6.56. The van der Waals surface area contributed by atoms with Gasteiger partial charge in [-0.3, -0.25) is 14.4 Å². The summed E-state index contributed by atoms with van der Waals surface area (Å²) >= 11 is 0. The topological polar surface area (TPSA) is 78.9 Å². The van der Waals surface area contributed by atoms with Crippen LogP contribution in [0.15, 0.2) is 60.8 Å². The standard InChI is InChI=1S/C73H132O6/c1-4-7-10-13-16-19-22-25-28-31-33-34-35-36-37-38-40-42-45-48-51-54-57-60-63-66-72(75)78-69-70(68-77-71(74)65-62-59-56-53-50-47-44-41-30-27-24-21-18-15-12-9-6-3)79-73(76)67-64-61-58-55-52-49-46-43-39-32-29-26-23-20-17-14-11-8-5-2/h9,12,17-18,20-21,26-27,29-30,70H,4-8,10-11,13-16,19,22-25,28,31-69H2,1-3H3/b12-9-,20-17-,21-18-,29-26-,30-27-. The van der Waals surface area contributed by atoms with Crippen LogP contribution in [-0.2, 0) is 28.6 Å². The summed E-state index contributed by atoms with van der Waals surface area (Å²) in [6.07, 6.45) is 86.7. The molecule has 0 radical (unpaired) electrons. The van der Waals surface area contributed by atoms with Crippen molar-refractivity contribution in [2.45, 2.75) is 374 Å². The van der Waals surface area contributed by atoms with Crippen LogP contribution in [0.5, 0.6) is 0 Å². The molecule has 0 aliphatic heterocycles. The molecule has 0 rings (SSSR count). The summed E-state index contributed by atoms with van der Waals surface area (Å²) in [5, 5.41) is 0. The van der Waals surface area contributed by atoms with Crippen LogP contribution < -0.4 is 0 Å². The van der Waals surface area contributed by atoms with E-state index in [2.05, 4.69) is 81.5 Å². The minimum absolute atomic E-state index is 0.0755. The van der Waals surface area contributed by atoms with Crippen LogP contribution in [0.1, 0.15) is 367 Å². The molecule has 0 fully saturated rings. The fourth-order valence-electron chi connectivity index (χ4n) is 10.3. The molecule has 0 aliphatic rings. The lowest BCUT2D eigenvalue weighted by molar-refractivity contribution is -0.167. The Morgan fingerprint density at radius 2 is 0.494 bits per heavy atom. The molecule has 0 heterocycles. The first kappa shape index (κ1) is 76.1. The smallest absolute Gasteiger partial charge is 0.306 e. The van der Waals surface area contributed by atoms with Gasteiger partial charge in [0.1, 0.15) is 13.2 Å². The van der Waals surface area contributed by atoms with Crippen LogP contribution in [0.25, 0.3) is 0 Å². The Labute approximate surface area is 491 Å². The van der Waals surface area contributed by atoms with E-state index in [1.54, 1.807) is 0 Å². The second-order valence-electron chi connectivity index (χ2n) is 23.4. The first-order valence-corrected chi connectivity index (χ1v) is 34.8. The monoisotopic (exact) mass is 1110 g/mol. The maximum atomic E-state index is 12.9. The highest BCUT2D eigenvalue weighted by molar-refractivity contribution is 5.71. The summed E-state index contributed by atoms with van der Waals surface area (Å²) in [7, 11) is 0. The van der Waals surface area contributed by atoms with E-state index in [-0.39, 0.29) is 31.1 Å². The largest absolute Gasteiger partial charge is 0.462 e. The summed E-state index contributed by atoms with van der Waals surface area (Å²) < 4.78 is 17.0. The van der Waals surface area contributed by atoms with Gasteiger partial charge in [0.2, 0.25) is 0 Å². The highest BCUT2D eigenvalue weighted by Crippen LogP contribution is 2.18. The molecule has 460 valence electrons. The molecule has 0 saturated heterocycles. The molecule has 0 amide bonds. The lowest BCUT2D eigenvalue weighted by Gasteiger charge is -2.18. The zero-order valence-corrected chi connectivity index (χ0v) is 52.9. The number of hydrogen-bond donors (Lipinski definition) is 0. The minimum Gasteiger partial charge on any atom is -0.462 e. The van der Waals surface area contributed by atoms with Crippen LogP contribution in [0.3, 0.4) is 0 Å². The predicted octanol–water partition coefficient (Wildman–Crippen LogP) is 23.9. The molecule has 0 aromatic carbocycles. The van der Waals surface area contributed by atoms with Gasteiger partial charge in [0.15, 0.2) is 6.10 Å². The second-order valence-corrected chi connectivity index (χ2v) is 23.4. The van der Waals surface area contributed by atoms with Gasteiger partial charge in [0, 0.05) is 19.3 Å². The van der Waals surface area contributed by atoms with Crippen molar-refractivity contribution in [1.82, 2.24) is 0 Å². The van der Waals surface area contributed by atoms with Crippen molar-refractivity contribution in [2.75, 3.05) is 13.2 Å². The molecule has 6 heteroatoms. The molecule has 1 unspecified atom stereocenters. The maximum absolute atomic E-state index is 12.9. The average molecular weight is 1110 g/mol. The number of unbranched alkanes of at least 4 members (excludes halogenated alkanes) is 43. The second kappa shape index (κ2) is 67.6. The van der Waals surface area contributed by atoms with Crippen LogP contribution in [0, 0.1) is 0 Å². The molecule has 0 saturated carbocycles. The third-order valence-electron chi connectivity index (χ3n) is 15.5. The Bertz CT molecular complexity index is 1410. The number of hydrogen-bond acceptors (Lipinski definition) is 6. The van der Waals surface area contributed by atoms with Crippen LogP contribution in [0.4, 0.5) is 0 Å². The number of allylic oxidation sites excluding steroid dienone is 10. The highest BCUT2D eigenvalue weighted by Gasteiger charge is 2.19. The summed E-state index contributed by atoms with van der Waals surface area (Å²) in [4.78, 5) is 38.4.